The zero-order valence-corrected chi connectivity index (χ0v) is 15.7. The number of anilines is 1. The van der Waals surface area contributed by atoms with Crippen molar-refractivity contribution in [1.29, 1.82) is 0 Å². The normalized spacial score (nSPS) is 17.8. The molecule has 1 aliphatic heterocycles. The van der Waals surface area contributed by atoms with E-state index in [2.05, 4.69) is 0 Å². The van der Waals surface area contributed by atoms with Crippen molar-refractivity contribution in [2.75, 3.05) is 18.0 Å². The lowest BCUT2D eigenvalue weighted by Crippen LogP contribution is -2.58. The number of aryl methyl sites for hydroxylation is 1. The fourth-order valence-electron chi connectivity index (χ4n) is 3.43. The van der Waals surface area contributed by atoms with Crippen molar-refractivity contribution in [3.8, 4) is 0 Å². The average molecular weight is 390 g/mol. The highest BCUT2D eigenvalue weighted by molar-refractivity contribution is 6.03. The van der Waals surface area contributed by atoms with Crippen molar-refractivity contribution in [1.82, 2.24) is 4.90 Å². The van der Waals surface area contributed by atoms with Gasteiger partial charge in [-0.15, -0.1) is 0 Å². The number of rotatable bonds is 3. The SMILES string of the molecule is CCc1ccccc1N1CCN(C(=O)c2ccc(C(F)(F)F)cc2)[C@@H](C)C1=O. The Kier molecular flexibility index (Phi) is 5.45. The van der Waals surface area contributed by atoms with Crippen LogP contribution in [0.2, 0.25) is 0 Å². The summed E-state index contributed by atoms with van der Waals surface area (Å²) < 4.78 is 38.1. The summed E-state index contributed by atoms with van der Waals surface area (Å²) in [5.74, 6) is -0.648. The first-order chi connectivity index (χ1) is 13.2. The topological polar surface area (TPSA) is 40.6 Å². The molecule has 0 bridgehead atoms. The number of amides is 2. The Morgan fingerprint density at radius 1 is 1.07 bits per heavy atom. The second-order valence-electron chi connectivity index (χ2n) is 6.72. The zero-order valence-electron chi connectivity index (χ0n) is 15.7. The largest absolute Gasteiger partial charge is 0.416 e. The number of para-hydroxylation sites is 1. The van der Waals surface area contributed by atoms with Gasteiger partial charge < -0.3 is 9.80 Å². The minimum atomic E-state index is -4.46. The van der Waals surface area contributed by atoms with Gasteiger partial charge in [-0.1, -0.05) is 25.1 Å². The predicted molar refractivity (Wildman–Crippen MR) is 100 cm³/mol. The van der Waals surface area contributed by atoms with Gasteiger partial charge in [-0.05, 0) is 49.2 Å². The van der Waals surface area contributed by atoms with E-state index in [9.17, 15) is 22.8 Å². The first kappa shape index (κ1) is 19.9. The molecule has 0 saturated carbocycles. The van der Waals surface area contributed by atoms with E-state index in [1.165, 1.54) is 4.90 Å². The van der Waals surface area contributed by atoms with E-state index >= 15 is 0 Å². The van der Waals surface area contributed by atoms with Gasteiger partial charge in [0.05, 0.1) is 5.56 Å². The maximum absolute atomic E-state index is 12.9. The Morgan fingerprint density at radius 3 is 2.32 bits per heavy atom. The third-order valence-electron chi connectivity index (χ3n) is 5.04. The average Bonchev–Trinajstić information content (AvgIpc) is 2.69. The lowest BCUT2D eigenvalue weighted by molar-refractivity contribution is -0.137. The summed E-state index contributed by atoms with van der Waals surface area (Å²) in [4.78, 5) is 28.8. The molecule has 1 heterocycles. The molecular formula is C21H21F3N2O2. The molecule has 0 N–H and O–H groups in total. The Hall–Kier alpha value is -2.83. The number of nitrogens with zero attached hydrogens (tertiary/aromatic N) is 2. The van der Waals surface area contributed by atoms with Gasteiger partial charge in [-0.2, -0.15) is 13.2 Å². The molecule has 0 aromatic heterocycles. The number of halogens is 3. The van der Waals surface area contributed by atoms with E-state index in [1.807, 2.05) is 31.2 Å². The molecule has 1 saturated heterocycles. The molecular weight excluding hydrogens is 369 g/mol. The lowest BCUT2D eigenvalue weighted by Gasteiger charge is -2.39. The summed E-state index contributed by atoms with van der Waals surface area (Å²) in [5, 5.41) is 0. The molecule has 148 valence electrons. The molecule has 0 spiro atoms. The summed E-state index contributed by atoms with van der Waals surface area (Å²) in [6.45, 7) is 4.31. The van der Waals surface area contributed by atoms with Crippen LogP contribution in [0.5, 0.6) is 0 Å². The molecule has 7 heteroatoms. The van der Waals surface area contributed by atoms with Gasteiger partial charge in [-0.3, -0.25) is 9.59 Å². The molecule has 2 aromatic carbocycles. The molecule has 1 aliphatic rings. The highest BCUT2D eigenvalue weighted by Crippen LogP contribution is 2.30. The molecule has 0 unspecified atom stereocenters. The quantitative estimate of drug-likeness (QED) is 0.790. The first-order valence-corrected chi connectivity index (χ1v) is 9.11. The zero-order chi connectivity index (χ0) is 20.5. The third-order valence-corrected chi connectivity index (χ3v) is 5.04. The number of alkyl halides is 3. The molecule has 0 aliphatic carbocycles. The maximum Gasteiger partial charge on any atom is 0.416 e. The summed E-state index contributed by atoms with van der Waals surface area (Å²) in [5.41, 5.74) is 1.21. The van der Waals surface area contributed by atoms with Gasteiger partial charge >= 0.3 is 6.18 Å². The van der Waals surface area contributed by atoms with Crippen LogP contribution >= 0.6 is 0 Å². The lowest BCUT2D eigenvalue weighted by atomic mass is 10.0. The van der Waals surface area contributed by atoms with E-state index in [0.717, 1.165) is 41.9 Å². The van der Waals surface area contributed by atoms with E-state index in [1.54, 1.807) is 11.8 Å². The molecule has 2 aromatic rings. The molecule has 1 fully saturated rings. The summed E-state index contributed by atoms with van der Waals surface area (Å²) in [6.07, 6.45) is -3.67. The third kappa shape index (κ3) is 3.74. The first-order valence-electron chi connectivity index (χ1n) is 9.11. The standard InChI is InChI=1S/C21H21F3N2O2/c1-3-15-6-4-5-7-18(15)26-13-12-25(14(2)19(26)27)20(28)16-8-10-17(11-9-16)21(22,23)24/h4-11,14H,3,12-13H2,1-2H3/t14-/m0/s1. The van der Waals surface area contributed by atoms with E-state index < -0.39 is 23.7 Å². The van der Waals surface area contributed by atoms with E-state index in [0.29, 0.717) is 13.1 Å². The second kappa shape index (κ2) is 7.66. The van der Waals surface area contributed by atoms with Crippen molar-refractivity contribution in [2.24, 2.45) is 0 Å². The number of carbonyl (C=O) groups is 2. The summed E-state index contributed by atoms with van der Waals surface area (Å²) >= 11 is 0. The fourth-order valence-corrected chi connectivity index (χ4v) is 3.43. The number of carbonyl (C=O) groups excluding carboxylic acids is 2. The van der Waals surface area contributed by atoms with Gasteiger partial charge in [0.2, 0.25) is 5.91 Å². The number of benzene rings is 2. The van der Waals surface area contributed by atoms with E-state index in [-0.39, 0.29) is 11.5 Å². The van der Waals surface area contributed by atoms with Crippen molar-refractivity contribution in [2.45, 2.75) is 32.5 Å². The van der Waals surface area contributed by atoms with Gasteiger partial charge in [0, 0.05) is 24.3 Å². The van der Waals surface area contributed by atoms with Crippen molar-refractivity contribution >= 4 is 17.5 Å². The smallest absolute Gasteiger partial charge is 0.325 e. The van der Waals surface area contributed by atoms with Crippen LogP contribution in [0, 0.1) is 0 Å². The molecule has 2 amide bonds. The minimum Gasteiger partial charge on any atom is -0.325 e. The Balaban J connectivity index is 1.79. The van der Waals surface area contributed by atoms with Gasteiger partial charge in [0.25, 0.3) is 5.91 Å². The van der Waals surface area contributed by atoms with Crippen molar-refractivity contribution in [3.63, 3.8) is 0 Å². The van der Waals surface area contributed by atoms with Crippen molar-refractivity contribution < 1.29 is 22.8 Å². The van der Waals surface area contributed by atoms with Crippen LogP contribution in [0.4, 0.5) is 18.9 Å². The van der Waals surface area contributed by atoms with Crippen LogP contribution in [-0.2, 0) is 17.4 Å². The second-order valence-corrected chi connectivity index (χ2v) is 6.72. The minimum absolute atomic E-state index is 0.134. The fraction of sp³-hybridized carbons (Fsp3) is 0.333. The van der Waals surface area contributed by atoms with Gasteiger partial charge in [0.1, 0.15) is 6.04 Å². The van der Waals surface area contributed by atoms with Gasteiger partial charge in [-0.25, -0.2) is 0 Å². The van der Waals surface area contributed by atoms with Crippen molar-refractivity contribution in [3.05, 3.63) is 65.2 Å². The Bertz CT molecular complexity index is 878. The van der Waals surface area contributed by atoms with Crippen LogP contribution in [-0.4, -0.2) is 35.8 Å². The number of hydrogen-bond donors (Lipinski definition) is 0. The molecule has 4 nitrogen and oxygen atoms in total. The molecule has 28 heavy (non-hydrogen) atoms. The number of hydrogen-bond acceptors (Lipinski definition) is 2. The molecule has 1 atom stereocenters. The summed E-state index contributed by atoms with van der Waals surface area (Å²) in [7, 11) is 0. The highest BCUT2D eigenvalue weighted by atomic mass is 19.4. The van der Waals surface area contributed by atoms with E-state index in [4.69, 9.17) is 0 Å². The van der Waals surface area contributed by atoms with Crippen LogP contribution in [0.25, 0.3) is 0 Å². The van der Waals surface area contributed by atoms with Gasteiger partial charge in [0.15, 0.2) is 0 Å². The monoisotopic (exact) mass is 390 g/mol. The Labute approximate surface area is 161 Å². The molecule has 3 rings (SSSR count). The van der Waals surface area contributed by atoms with Crippen LogP contribution in [0.1, 0.15) is 35.3 Å². The Morgan fingerprint density at radius 2 is 1.71 bits per heavy atom. The predicted octanol–water partition coefficient (Wildman–Crippen LogP) is 4.15. The van der Waals surface area contributed by atoms with Crippen LogP contribution < -0.4 is 4.90 Å². The summed E-state index contributed by atoms with van der Waals surface area (Å²) in [6, 6.07) is 11.0. The molecule has 0 radical (unpaired) electrons. The van der Waals surface area contributed by atoms with Crippen LogP contribution in [0.15, 0.2) is 48.5 Å². The number of piperazine rings is 1. The van der Waals surface area contributed by atoms with Crippen LogP contribution in [0.3, 0.4) is 0 Å². The highest BCUT2D eigenvalue weighted by Gasteiger charge is 2.36. The maximum atomic E-state index is 12.9.